The zero-order chi connectivity index (χ0) is 15.5. The smallest absolute Gasteiger partial charge is 0.317 e. The van der Waals surface area contributed by atoms with Crippen molar-refractivity contribution in [1.82, 2.24) is 10.2 Å². The van der Waals surface area contributed by atoms with E-state index < -0.39 is 12.1 Å². The van der Waals surface area contributed by atoms with E-state index in [1.165, 1.54) is 4.90 Å². The van der Waals surface area contributed by atoms with Crippen LogP contribution in [-0.2, 0) is 4.79 Å². The number of urea groups is 1. The fourth-order valence-corrected chi connectivity index (χ4v) is 2.17. The van der Waals surface area contributed by atoms with Gasteiger partial charge in [-0.2, -0.15) is 0 Å². The fourth-order valence-electron chi connectivity index (χ4n) is 2.17. The fraction of sp³-hybridized carbons (Fsp3) is 0.857. The standard InChI is InChI=1S/C14H28N2O4/c1-4-5-12(6-7-13(18)19)8-9-15-14(20)16(3)10-11(2)17/h11-12,17H,4-10H2,1-3H3,(H,15,20)(H,18,19). The molecule has 0 aliphatic heterocycles. The van der Waals surface area contributed by atoms with Crippen molar-refractivity contribution >= 4 is 12.0 Å². The summed E-state index contributed by atoms with van der Waals surface area (Å²) >= 11 is 0. The molecule has 20 heavy (non-hydrogen) atoms. The second-order valence-electron chi connectivity index (χ2n) is 5.34. The van der Waals surface area contributed by atoms with E-state index in [2.05, 4.69) is 12.2 Å². The minimum absolute atomic E-state index is 0.181. The number of rotatable bonds is 10. The molecule has 0 rings (SSSR count). The number of carboxylic acids is 1. The Bertz CT molecular complexity index is 295. The number of amides is 2. The number of nitrogens with one attached hydrogen (secondary N) is 1. The molecule has 0 heterocycles. The van der Waals surface area contributed by atoms with Crippen LogP contribution in [0.4, 0.5) is 4.79 Å². The molecular weight excluding hydrogens is 260 g/mol. The van der Waals surface area contributed by atoms with Gasteiger partial charge in [0.1, 0.15) is 0 Å². The Morgan fingerprint density at radius 1 is 1.25 bits per heavy atom. The van der Waals surface area contributed by atoms with Crippen LogP contribution in [0.5, 0.6) is 0 Å². The van der Waals surface area contributed by atoms with Gasteiger partial charge < -0.3 is 20.4 Å². The van der Waals surface area contributed by atoms with E-state index in [9.17, 15) is 14.7 Å². The first kappa shape index (κ1) is 18.7. The van der Waals surface area contributed by atoms with E-state index in [4.69, 9.17) is 5.11 Å². The Balaban J connectivity index is 3.97. The van der Waals surface area contributed by atoms with E-state index >= 15 is 0 Å². The Labute approximate surface area is 121 Å². The zero-order valence-corrected chi connectivity index (χ0v) is 12.8. The Morgan fingerprint density at radius 2 is 1.90 bits per heavy atom. The average molecular weight is 288 g/mol. The number of hydrogen-bond acceptors (Lipinski definition) is 3. The second kappa shape index (κ2) is 10.5. The van der Waals surface area contributed by atoms with Crippen molar-refractivity contribution in [1.29, 1.82) is 0 Å². The molecule has 0 saturated carbocycles. The molecule has 0 aromatic rings. The molecule has 118 valence electrons. The predicted molar refractivity (Wildman–Crippen MR) is 77.6 cm³/mol. The van der Waals surface area contributed by atoms with Gasteiger partial charge >= 0.3 is 12.0 Å². The van der Waals surface area contributed by atoms with Crippen LogP contribution in [0.3, 0.4) is 0 Å². The van der Waals surface area contributed by atoms with Gasteiger partial charge in [0.2, 0.25) is 0 Å². The van der Waals surface area contributed by atoms with Gasteiger partial charge in [-0.3, -0.25) is 4.79 Å². The highest BCUT2D eigenvalue weighted by Gasteiger charge is 2.13. The lowest BCUT2D eigenvalue weighted by atomic mass is 9.94. The Morgan fingerprint density at radius 3 is 2.40 bits per heavy atom. The van der Waals surface area contributed by atoms with Gasteiger partial charge in [0.05, 0.1) is 6.10 Å². The maximum atomic E-state index is 11.7. The molecule has 2 amide bonds. The number of likely N-dealkylation sites (N-methyl/N-ethyl adjacent to an activating group) is 1. The molecule has 0 spiro atoms. The number of hydrogen-bond donors (Lipinski definition) is 3. The summed E-state index contributed by atoms with van der Waals surface area (Å²) in [6, 6.07) is -0.209. The van der Waals surface area contributed by atoms with Gasteiger partial charge in [0.25, 0.3) is 0 Å². The summed E-state index contributed by atoms with van der Waals surface area (Å²) in [5.41, 5.74) is 0. The molecular formula is C14H28N2O4. The molecule has 0 fully saturated rings. The quantitative estimate of drug-likeness (QED) is 0.570. The molecule has 0 saturated heterocycles. The van der Waals surface area contributed by atoms with Crippen LogP contribution in [0, 0.1) is 5.92 Å². The summed E-state index contributed by atoms with van der Waals surface area (Å²) in [5.74, 6) is -0.440. The maximum Gasteiger partial charge on any atom is 0.317 e. The lowest BCUT2D eigenvalue weighted by Crippen LogP contribution is -2.41. The summed E-state index contributed by atoms with van der Waals surface area (Å²) in [5, 5.41) is 20.7. The normalized spacial score (nSPS) is 13.6. The first-order chi connectivity index (χ1) is 9.36. The van der Waals surface area contributed by atoms with Gasteiger partial charge in [-0.15, -0.1) is 0 Å². The molecule has 0 aromatic carbocycles. The van der Waals surface area contributed by atoms with Crippen molar-refractivity contribution in [2.75, 3.05) is 20.1 Å². The van der Waals surface area contributed by atoms with Crippen molar-refractivity contribution < 1.29 is 19.8 Å². The maximum absolute atomic E-state index is 11.7. The first-order valence-electron chi connectivity index (χ1n) is 7.25. The summed E-state index contributed by atoms with van der Waals surface area (Å²) in [6.45, 7) is 4.53. The van der Waals surface area contributed by atoms with Crippen LogP contribution in [0.1, 0.15) is 46.0 Å². The van der Waals surface area contributed by atoms with Gasteiger partial charge in [-0.05, 0) is 25.7 Å². The number of aliphatic hydroxyl groups excluding tert-OH is 1. The van der Waals surface area contributed by atoms with Crippen LogP contribution >= 0.6 is 0 Å². The molecule has 2 unspecified atom stereocenters. The molecule has 2 atom stereocenters. The van der Waals surface area contributed by atoms with Crippen molar-refractivity contribution in [3.8, 4) is 0 Å². The van der Waals surface area contributed by atoms with E-state index in [1.807, 2.05) is 0 Å². The molecule has 6 nitrogen and oxygen atoms in total. The molecule has 3 N–H and O–H groups in total. The molecule has 0 aliphatic rings. The molecule has 0 bridgehead atoms. The minimum atomic E-state index is -0.771. The molecule has 0 radical (unpaired) electrons. The SMILES string of the molecule is CCCC(CCNC(=O)N(C)CC(C)O)CCC(=O)O. The summed E-state index contributed by atoms with van der Waals surface area (Å²) in [4.78, 5) is 23.7. The topological polar surface area (TPSA) is 89.9 Å². The highest BCUT2D eigenvalue weighted by atomic mass is 16.4. The average Bonchev–Trinajstić information content (AvgIpc) is 2.34. The van der Waals surface area contributed by atoms with E-state index in [-0.39, 0.29) is 12.5 Å². The summed E-state index contributed by atoms with van der Waals surface area (Å²) in [7, 11) is 1.63. The van der Waals surface area contributed by atoms with Gasteiger partial charge in [0.15, 0.2) is 0 Å². The molecule has 0 aliphatic carbocycles. The zero-order valence-electron chi connectivity index (χ0n) is 12.8. The summed E-state index contributed by atoms with van der Waals surface area (Å²) < 4.78 is 0. The van der Waals surface area contributed by atoms with E-state index in [1.54, 1.807) is 14.0 Å². The van der Waals surface area contributed by atoms with Gasteiger partial charge in [-0.1, -0.05) is 19.8 Å². The number of nitrogens with zero attached hydrogens (tertiary/aromatic N) is 1. The second-order valence-corrected chi connectivity index (χ2v) is 5.34. The van der Waals surface area contributed by atoms with Crippen molar-refractivity contribution in [3.63, 3.8) is 0 Å². The number of aliphatic hydroxyl groups is 1. The Kier molecular flexibility index (Phi) is 9.80. The monoisotopic (exact) mass is 288 g/mol. The minimum Gasteiger partial charge on any atom is -0.481 e. The predicted octanol–water partition coefficient (Wildman–Crippen LogP) is 1.68. The first-order valence-corrected chi connectivity index (χ1v) is 7.25. The van der Waals surface area contributed by atoms with Gasteiger partial charge in [-0.25, -0.2) is 4.79 Å². The third-order valence-electron chi connectivity index (χ3n) is 3.18. The third-order valence-corrected chi connectivity index (χ3v) is 3.18. The number of carbonyl (C=O) groups excluding carboxylic acids is 1. The van der Waals surface area contributed by atoms with E-state index in [0.717, 1.165) is 19.3 Å². The van der Waals surface area contributed by atoms with Crippen LogP contribution in [0.15, 0.2) is 0 Å². The lowest BCUT2D eigenvalue weighted by molar-refractivity contribution is -0.137. The highest BCUT2D eigenvalue weighted by molar-refractivity contribution is 5.73. The van der Waals surface area contributed by atoms with Crippen molar-refractivity contribution in [2.24, 2.45) is 5.92 Å². The number of aliphatic carboxylic acids is 1. The third kappa shape index (κ3) is 9.61. The van der Waals surface area contributed by atoms with Gasteiger partial charge in [0, 0.05) is 26.6 Å². The largest absolute Gasteiger partial charge is 0.481 e. The summed E-state index contributed by atoms with van der Waals surface area (Å²) in [6.07, 6.45) is 3.07. The van der Waals surface area contributed by atoms with Crippen molar-refractivity contribution in [2.45, 2.75) is 52.1 Å². The van der Waals surface area contributed by atoms with Crippen LogP contribution < -0.4 is 5.32 Å². The number of carbonyl (C=O) groups is 2. The van der Waals surface area contributed by atoms with Crippen LogP contribution in [0.2, 0.25) is 0 Å². The van der Waals surface area contributed by atoms with Crippen LogP contribution in [-0.4, -0.2) is 53.4 Å². The molecule has 0 aromatic heterocycles. The lowest BCUT2D eigenvalue weighted by Gasteiger charge is -2.20. The Hall–Kier alpha value is -1.30. The van der Waals surface area contributed by atoms with E-state index in [0.29, 0.717) is 25.4 Å². The highest BCUT2D eigenvalue weighted by Crippen LogP contribution is 2.17. The molecule has 6 heteroatoms. The van der Waals surface area contributed by atoms with Crippen LogP contribution in [0.25, 0.3) is 0 Å². The van der Waals surface area contributed by atoms with Crippen molar-refractivity contribution in [3.05, 3.63) is 0 Å². The number of carboxylic acid groups (broad SMARTS) is 1.